The van der Waals surface area contributed by atoms with E-state index in [1.165, 1.54) is 0 Å². The maximum atomic E-state index is 12.5. The molecule has 0 aliphatic carbocycles. The van der Waals surface area contributed by atoms with Crippen LogP contribution in [0.25, 0.3) is 0 Å². The minimum absolute atomic E-state index is 0.0341. The van der Waals surface area contributed by atoms with Crippen LogP contribution < -0.4 is 0 Å². The average Bonchev–Trinajstić information content (AvgIpc) is 2.76. The van der Waals surface area contributed by atoms with Crippen LogP contribution in [0, 0.1) is 0 Å². The fourth-order valence-electron chi connectivity index (χ4n) is 2.50. The zero-order valence-corrected chi connectivity index (χ0v) is 11.4. The number of ether oxygens (including phenoxy) is 1. The van der Waals surface area contributed by atoms with Crippen LogP contribution in [0.15, 0.2) is 0 Å². The van der Waals surface area contributed by atoms with Gasteiger partial charge in [0.15, 0.2) is 0 Å². The molecule has 0 aromatic heterocycles. The molecule has 102 valence electrons. The zero-order valence-electron chi connectivity index (χ0n) is 10.6. The van der Waals surface area contributed by atoms with Gasteiger partial charge in [-0.25, -0.2) is 0 Å². The van der Waals surface area contributed by atoms with E-state index in [0.29, 0.717) is 19.7 Å². The van der Waals surface area contributed by atoms with Crippen molar-refractivity contribution in [1.82, 2.24) is 4.90 Å². The number of thioether (sulfide) groups is 1. The highest BCUT2D eigenvalue weighted by Gasteiger charge is 2.41. The summed E-state index contributed by atoms with van der Waals surface area (Å²) in [6, 6.07) is 0. The van der Waals surface area contributed by atoms with Crippen molar-refractivity contribution in [1.29, 1.82) is 0 Å². The third kappa shape index (κ3) is 2.98. The molecule has 18 heavy (non-hydrogen) atoms. The van der Waals surface area contributed by atoms with Gasteiger partial charge in [0.25, 0.3) is 0 Å². The number of carboxylic acids is 1. The summed E-state index contributed by atoms with van der Waals surface area (Å²) >= 11 is 1.71. The lowest BCUT2D eigenvalue weighted by molar-refractivity contribution is -0.148. The number of rotatable bonds is 3. The van der Waals surface area contributed by atoms with Gasteiger partial charge in [-0.3, -0.25) is 9.59 Å². The number of carboxylic acid groups (broad SMARTS) is 1. The van der Waals surface area contributed by atoms with E-state index in [-0.39, 0.29) is 23.2 Å². The number of nitrogens with zero attached hydrogens (tertiary/aromatic N) is 1. The van der Waals surface area contributed by atoms with Gasteiger partial charge in [0.2, 0.25) is 5.91 Å². The van der Waals surface area contributed by atoms with Crippen LogP contribution in [0.4, 0.5) is 0 Å². The van der Waals surface area contributed by atoms with Gasteiger partial charge in [-0.15, -0.1) is 11.8 Å². The van der Waals surface area contributed by atoms with Gasteiger partial charge in [0, 0.05) is 13.1 Å². The van der Waals surface area contributed by atoms with Gasteiger partial charge in [0.1, 0.15) is 0 Å². The summed E-state index contributed by atoms with van der Waals surface area (Å²) in [4.78, 5) is 24.9. The minimum Gasteiger partial charge on any atom is -0.481 e. The molecule has 0 bridgehead atoms. The highest BCUT2D eigenvalue weighted by Crippen LogP contribution is 2.39. The summed E-state index contributed by atoms with van der Waals surface area (Å²) in [5, 5.41) is 8.77. The SMILES string of the molecule is CC1(C(=O)N2CCOC(CC(=O)O)C2)CCCS1. The Kier molecular flexibility index (Phi) is 4.17. The molecule has 0 aromatic rings. The molecule has 2 aliphatic heterocycles. The molecule has 2 atom stereocenters. The van der Waals surface area contributed by atoms with E-state index >= 15 is 0 Å². The molecule has 2 unspecified atom stereocenters. The van der Waals surface area contributed by atoms with E-state index in [4.69, 9.17) is 9.84 Å². The van der Waals surface area contributed by atoms with Crippen LogP contribution in [-0.2, 0) is 14.3 Å². The standard InChI is InChI=1S/C12H19NO4S/c1-12(3-2-6-18-12)11(16)13-4-5-17-9(8-13)7-10(14)15/h9H,2-8H2,1H3,(H,14,15). The van der Waals surface area contributed by atoms with Gasteiger partial charge < -0.3 is 14.7 Å². The molecule has 2 rings (SSSR count). The van der Waals surface area contributed by atoms with Crippen molar-refractivity contribution >= 4 is 23.6 Å². The van der Waals surface area contributed by atoms with Crippen molar-refractivity contribution in [3.8, 4) is 0 Å². The normalized spacial score (nSPS) is 32.5. The van der Waals surface area contributed by atoms with Crippen LogP contribution in [0.2, 0.25) is 0 Å². The van der Waals surface area contributed by atoms with Crippen molar-refractivity contribution in [2.75, 3.05) is 25.4 Å². The first-order valence-corrected chi connectivity index (χ1v) is 7.26. The van der Waals surface area contributed by atoms with Crippen LogP contribution in [0.1, 0.15) is 26.2 Å². The Morgan fingerprint density at radius 3 is 2.94 bits per heavy atom. The second-order valence-corrected chi connectivity index (χ2v) is 6.62. The van der Waals surface area contributed by atoms with Crippen LogP contribution in [0.5, 0.6) is 0 Å². The van der Waals surface area contributed by atoms with Gasteiger partial charge in [-0.05, 0) is 25.5 Å². The van der Waals surface area contributed by atoms with Crippen molar-refractivity contribution < 1.29 is 19.4 Å². The van der Waals surface area contributed by atoms with E-state index < -0.39 is 5.97 Å². The van der Waals surface area contributed by atoms with Gasteiger partial charge in [-0.1, -0.05) is 0 Å². The number of aliphatic carboxylic acids is 1. The molecular formula is C12H19NO4S. The van der Waals surface area contributed by atoms with Gasteiger partial charge in [0.05, 0.1) is 23.9 Å². The molecule has 0 radical (unpaired) electrons. The number of carbonyl (C=O) groups is 2. The molecular weight excluding hydrogens is 254 g/mol. The molecule has 5 nitrogen and oxygen atoms in total. The summed E-state index contributed by atoms with van der Waals surface area (Å²) in [5.74, 6) is 0.296. The molecule has 2 aliphatic rings. The monoisotopic (exact) mass is 273 g/mol. The molecule has 1 amide bonds. The van der Waals surface area contributed by atoms with Crippen LogP contribution in [0.3, 0.4) is 0 Å². The first kappa shape index (κ1) is 13.7. The fourth-order valence-corrected chi connectivity index (χ4v) is 3.78. The maximum Gasteiger partial charge on any atom is 0.306 e. The molecule has 6 heteroatoms. The number of morpholine rings is 1. The van der Waals surface area contributed by atoms with Crippen molar-refractivity contribution in [3.63, 3.8) is 0 Å². The second-order valence-electron chi connectivity index (χ2n) is 5.02. The van der Waals surface area contributed by atoms with Gasteiger partial charge in [-0.2, -0.15) is 0 Å². The number of hydrogen-bond acceptors (Lipinski definition) is 4. The first-order valence-electron chi connectivity index (χ1n) is 6.28. The van der Waals surface area contributed by atoms with Crippen LogP contribution in [-0.4, -0.2) is 58.2 Å². The molecule has 2 heterocycles. The first-order chi connectivity index (χ1) is 8.51. The van der Waals surface area contributed by atoms with E-state index in [1.807, 2.05) is 6.92 Å². The van der Waals surface area contributed by atoms with Crippen LogP contribution >= 0.6 is 11.8 Å². The smallest absolute Gasteiger partial charge is 0.306 e. The van der Waals surface area contributed by atoms with Crippen molar-refractivity contribution in [2.24, 2.45) is 0 Å². The summed E-state index contributed by atoms with van der Waals surface area (Å²) < 4.78 is 5.07. The lowest BCUT2D eigenvalue weighted by atomic mass is 10.0. The second kappa shape index (κ2) is 5.48. The van der Waals surface area contributed by atoms with Crippen molar-refractivity contribution in [2.45, 2.75) is 37.0 Å². The topological polar surface area (TPSA) is 66.8 Å². The Morgan fingerprint density at radius 1 is 1.56 bits per heavy atom. The van der Waals surface area contributed by atoms with E-state index in [2.05, 4.69) is 0 Å². The zero-order chi connectivity index (χ0) is 13.2. The maximum absolute atomic E-state index is 12.5. The third-order valence-electron chi connectivity index (χ3n) is 3.50. The lowest BCUT2D eigenvalue weighted by Crippen LogP contribution is -2.52. The highest BCUT2D eigenvalue weighted by molar-refractivity contribution is 8.01. The molecule has 0 saturated carbocycles. The van der Waals surface area contributed by atoms with E-state index in [9.17, 15) is 9.59 Å². The summed E-state index contributed by atoms with van der Waals surface area (Å²) in [6.07, 6.45) is 1.59. The summed E-state index contributed by atoms with van der Waals surface area (Å²) in [5.41, 5.74) is 0. The largest absolute Gasteiger partial charge is 0.481 e. The molecule has 2 saturated heterocycles. The summed E-state index contributed by atoms with van der Waals surface area (Å²) in [6.45, 7) is 3.41. The van der Waals surface area contributed by atoms with E-state index in [1.54, 1.807) is 16.7 Å². The molecule has 2 fully saturated rings. The Balaban J connectivity index is 1.95. The van der Waals surface area contributed by atoms with Crippen molar-refractivity contribution in [3.05, 3.63) is 0 Å². The number of hydrogen-bond donors (Lipinski definition) is 1. The quantitative estimate of drug-likeness (QED) is 0.830. The fraction of sp³-hybridized carbons (Fsp3) is 0.833. The minimum atomic E-state index is -0.879. The number of amides is 1. The molecule has 0 spiro atoms. The lowest BCUT2D eigenvalue weighted by Gasteiger charge is -2.36. The Labute approximate surface area is 111 Å². The third-order valence-corrected chi connectivity index (χ3v) is 5.01. The Morgan fingerprint density at radius 2 is 2.33 bits per heavy atom. The number of carbonyl (C=O) groups excluding carboxylic acids is 1. The van der Waals surface area contributed by atoms with Gasteiger partial charge >= 0.3 is 5.97 Å². The average molecular weight is 273 g/mol. The summed E-state index contributed by atoms with van der Waals surface area (Å²) in [7, 11) is 0. The van der Waals surface area contributed by atoms with E-state index in [0.717, 1.165) is 18.6 Å². The Bertz CT molecular complexity index is 341. The Hall–Kier alpha value is -0.750. The molecule has 1 N–H and O–H groups in total. The predicted molar refractivity (Wildman–Crippen MR) is 68.7 cm³/mol. The molecule has 0 aromatic carbocycles. The highest BCUT2D eigenvalue weighted by atomic mass is 32.2. The predicted octanol–water partition coefficient (Wildman–Crippen LogP) is 0.974.